The summed E-state index contributed by atoms with van der Waals surface area (Å²) < 4.78 is 5.20. The molecule has 1 aromatic heterocycles. The Balaban J connectivity index is 2.13. The average Bonchev–Trinajstić information content (AvgIpc) is 2.39. The van der Waals surface area contributed by atoms with Crippen molar-refractivity contribution in [1.29, 1.82) is 0 Å². The van der Waals surface area contributed by atoms with Gasteiger partial charge in [-0.05, 0) is 37.3 Å². The maximum atomic E-state index is 5.77. The molecule has 0 bridgehead atoms. The summed E-state index contributed by atoms with van der Waals surface area (Å²) in [5, 5.41) is 0. The first-order chi connectivity index (χ1) is 8.69. The standard InChI is InChI=1S/C14H16N2OS/c1-10(15)14-7-6-13(9-16-14)18-12-5-3-4-11(8-12)17-2/h3-10H,15H2,1-2H3. The van der Waals surface area contributed by atoms with Crippen molar-refractivity contribution in [2.24, 2.45) is 5.73 Å². The molecule has 2 aromatic rings. The van der Waals surface area contributed by atoms with Crippen LogP contribution in [-0.2, 0) is 0 Å². The highest BCUT2D eigenvalue weighted by atomic mass is 32.2. The molecule has 0 aliphatic carbocycles. The van der Waals surface area contributed by atoms with Crippen LogP contribution in [0.1, 0.15) is 18.7 Å². The third-order valence-electron chi connectivity index (χ3n) is 2.50. The van der Waals surface area contributed by atoms with Crippen LogP contribution >= 0.6 is 11.8 Å². The molecule has 0 amide bonds. The van der Waals surface area contributed by atoms with Crippen molar-refractivity contribution in [3.8, 4) is 5.75 Å². The zero-order chi connectivity index (χ0) is 13.0. The minimum atomic E-state index is -0.0270. The molecule has 0 aliphatic rings. The molecule has 2 N–H and O–H groups in total. The third kappa shape index (κ3) is 3.24. The van der Waals surface area contributed by atoms with Crippen LogP contribution in [-0.4, -0.2) is 12.1 Å². The Morgan fingerprint density at radius 2 is 2.06 bits per heavy atom. The van der Waals surface area contributed by atoms with Gasteiger partial charge in [0.05, 0.1) is 12.8 Å². The van der Waals surface area contributed by atoms with E-state index in [-0.39, 0.29) is 6.04 Å². The number of ether oxygens (including phenoxy) is 1. The van der Waals surface area contributed by atoms with Crippen LogP contribution in [0.25, 0.3) is 0 Å². The Kier molecular flexibility index (Phi) is 4.23. The van der Waals surface area contributed by atoms with E-state index in [4.69, 9.17) is 10.5 Å². The van der Waals surface area contributed by atoms with Crippen molar-refractivity contribution in [2.75, 3.05) is 7.11 Å². The van der Waals surface area contributed by atoms with Crippen LogP contribution in [0.3, 0.4) is 0 Å². The van der Waals surface area contributed by atoms with Crippen molar-refractivity contribution < 1.29 is 4.74 Å². The Hall–Kier alpha value is -1.52. The zero-order valence-corrected chi connectivity index (χ0v) is 11.3. The lowest BCUT2D eigenvalue weighted by molar-refractivity contribution is 0.413. The zero-order valence-electron chi connectivity index (χ0n) is 10.5. The van der Waals surface area contributed by atoms with Gasteiger partial charge in [0, 0.05) is 22.0 Å². The van der Waals surface area contributed by atoms with Gasteiger partial charge in [-0.1, -0.05) is 17.8 Å². The number of methoxy groups -OCH3 is 1. The van der Waals surface area contributed by atoms with E-state index in [0.29, 0.717) is 0 Å². The molecular weight excluding hydrogens is 244 g/mol. The van der Waals surface area contributed by atoms with Crippen molar-refractivity contribution in [3.05, 3.63) is 48.3 Å². The highest BCUT2D eigenvalue weighted by molar-refractivity contribution is 7.99. The first-order valence-corrected chi connectivity index (χ1v) is 6.54. The number of hydrogen-bond acceptors (Lipinski definition) is 4. The van der Waals surface area contributed by atoms with Crippen molar-refractivity contribution in [3.63, 3.8) is 0 Å². The van der Waals surface area contributed by atoms with E-state index in [2.05, 4.69) is 4.98 Å². The number of nitrogens with two attached hydrogens (primary N) is 1. The number of hydrogen-bond donors (Lipinski definition) is 1. The van der Waals surface area contributed by atoms with E-state index in [1.165, 1.54) is 0 Å². The maximum Gasteiger partial charge on any atom is 0.119 e. The average molecular weight is 260 g/mol. The van der Waals surface area contributed by atoms with Gasteiger partial charge in [-0.15, -0.1) is 0 Å². The largest absolute Gasteiger partial charge is 0.497 e. The van der Waals surface area contributed by atoms with Crippen LogP contribution in [0.5, 0.6) is 5.75 Å². The monoisotopic (exact) mass is 260 g/mol. The molecule has 0 radical (unpaired) electrons. The van der Waals surface area contributed by atoms with E-state index < -0.39 is 0 Å². The SMILES string of the molecule is COc1cccc(Sc2ccc(C(C)N)nc2)c1. The molecule has 0 saturated heterocycles. The Bertz CT molecular complexity index is 511. The Morgan fingerprint density at radius 1 is 1.22 bits per heavy atom. The second-order valence-electron chi connectivity index (χ2n) is 3.99. The Labute approximate surface area is 111 Å². The first-order valence-electron chi connectivity index (χ1n) is 5.72. The fourth-order valence-electron chi connectivity index (χ4n) is 1.52. The van der Waals surface area contributed by atoms with E-state index in [9.17, 15) is 0 Å². The van der Waals surface area contributed by atoms with Crippen LogP contribution in [0, 0.1) is 0 Å². The number of aromatic nitrogens is 1. The lowest BCUT2D eigenvalue weighted by Crippen LogP contribution is -2.06. The molecule has 0 aliphatic heterocycles. The molecular formula is C14H16N2OS. The van der Waals surface area contributed by atoms with E-state index in [1.54, 1.807) is 18.9 Å². The summed E-state index contributed by atoms with van der Waals surface area (Å²) in [6.45, 7) is 1.93. The molecule has 2 rings (SSSR count). The topological polar surface area (TPSA) is 48.1 Å². The lowest BCUT2D eigenvalue weighted by Gasteiger charge is -2.06. The molecule has 1 aromatic carbocycles. The predicted octanol–water partition coefficient (Wildman–Crippen LogP) is 3.26. The second kappa shape index (κ2) is 5.89. The van der Waals surface area contributed by atoms with Crippen LogP contribution in [0.15, 0.2) is 52.4 Å². The van der Waals surface area contributed by atoms with Crippen molar-refractivity contribution in [2.45, 2.75) is 22.8 Å². The highest BCUT2D eigenvalue weighted by Gasteiger charge is 2.03. The number of benzene rings is 1. The summed E-state index contributed by atoms with van der Waals surface area (Å²) in [6.07, 6.45) is 1.85. The van der Waals surface area contributed by atoms with Gasteiger partial charge in [0.1, 0.15) is 5.75 Å². The van der Waals surface area contributed by atoms with Crippen molar-refractivity contribution in [1.82, 2.24) is 4.98 Å². The summed E-state index contributed by atoms with van der Waals surface area (Å²) in [6, 6.07) is 11.9. The first kappa shape index (κ1) is 12.9. The van der Waals surface area contributed by atoms with Gasteiger partial charge in [-0.3, -0.25) is 4.98 Å². The summed E-state index contributed by atoms with van der Waals surface area (Å²) in [4.78, 5) is 6.56. The number of pyridine rings is 1. The van der Waals surface area contributed by atoms with E-state index in [0.717, 1.165) is 21.2 Å². The summed E-state index contributed by atoms with van der Waals surface area (Å²) in [7, 11) is 1.67. The van der Waals surface area contributed by atoms with Crippen molar-refractivity contribution >= 4 is 11.8 Å². The van der Waals surface area contributed by atoms with Crippen LogP contribution < -0.4 is 10.5 Å². The highest BCUT2D eigenvalue weighted by Crippen LogP contribution is 2.29. The van der Waals surface area contributed by atoms with E-state index in [1.807, 2.05) is 49.5 Å². The quantitative estimate of drug-likeness (QED) is 0.916. The molecule has 0 fully saturated rings. The van der Waals surface area contributed by atoms with Crippen LogP contribution in [0.4, 0.5) is 0 Å². The minimum Gasteiger partial charge on any atom is -0.497 e. The second-order valence-corrected chi connectivity index (χ2v) is 5.14. The van der Waals surface area contributed by atoms with Crippen LogP contribution in [0.2, 0.25) is 0 Å². The van der Waals surface area contributed by atoms with Gasteiger partial charge in [-0.25, -0.2) is 0 Å². The van der Waals surface area contributed by atoms with Gasteiger partial charge >= 0.3 is 0 Å². The molecule has 1 atom stereocenters. The number of rotatable bonds is 4. The molecule has 0 spiro atoms. The predicted molar refractivity (Wildman–Crippen MR) is 74.0 cm³/mol. The van der Waals surface area contributed by atoms with Gasteiger partial charge in [0.2, 0.25) is 0 Å². The summed E-state index contributed by atoms with van der Waals surface area (Å²) in [5.74, 6) is 0.861. The van der Waals surface area contributed by atoms with Gasteiger partial charge in [0.25, 0.3) is 0 Å². The summed E-state index contributed by atoms with van der Waals surface area (Å²) >= 11 is 1.65. The fraction of sp³-hybridized carbons (Fsp3) is 0.214. The lowest BCUT2D eigenvalue weighted by atomic mass is 10.2. The smallest absolute Gasteiger partial charge is 0.119 e. The molecule has 3 nitrogen and oxygen atoms in total. The van der Waals surface area contributed by atoms with E-state index >= 15 is 0 Å². The molecule has 1 heterocycles. The minimum absolute atomic E-state index is 0.0270. The Morgan fingerprint density at radius 3 is 2.67 bits per heavy atom. The molecule has 4 heteroatoms. The molecule has 1 unspecified atom stereocenters. The van der Waals surface area contributed by atoms with Gasteiger partial charge < -0.3 is 10.5 Å². The molecule has 18 heavy (non-hydrogen) atoms. The normalized spacial score (nSPS) is 12.2. The maximum absolute atomic E-state index is 5.77. The molecule has 94 valence electrons. The summed E-state index contributed by atoms with van der Waals surface area (Å²) in [5.41, 5.74) is 6.68. The fourth-order valence-corrected chi connectivity index (χ4v) is 2.36. The molecule has 0 saturated carbocycles. The third-order valence-corrected chi connectivity index (χ3v) is 3.47. The number of nitrogens with zero attached hydrogens (tertiary/aromatic N) is 1. The van der Waals surface area contributed by atoms with Gasteiger partial charge in [0.15, 0.2) is 0 Å². The van der Waals surface area contributed by atoms with Gasteiger partial charge in [-0.2, -0.15) is 0 Å².